The Labute approximate surface area is 232 Å². The van der Waals surface area contributed by atoms with E-state index in [2.05, 4.69) is 10.6 Å². The fraction of sp³-hybridized carbons (Fsp3) is 0.312. The van der Waals surface area contributed by atoms with Crippen molar-refractivity contribution in [3.63, 3.8) is 0 Å². The van der Waals surface area contributed by atoms with Gasteiger partial charge in [0.25, 0.3) is 11.8 Å². The summed E-state index contributed by atoms with van der Waals surface area (Å²) < 4.78 is 0. The molecule has 40 heavy (non-hydrogen) atoms. The maximum absolute atomic E-state index is 13.6. The van der Waals surface area contributed by atoms with Crippen LogP contribution in [0.15, 0.2) is 72.8 Å². The quantitative estimate of drug-likeness (QED) is 0.489. The van der Waals surface area contributed by atoms with Gasteiger partial charge in [-0.15, -0.1) is 0 Å². The number of rotatable bonds is 4. The van der Waals surface area contributed by atoms with Gasteiger partial charge in [-0.05, 0) is 71.9 Å². The summed E-state index contributed by atoms with van der Waals surface area (Å²) in [5, 5.41) is 6.00. The Hall–Kier alpha value is -4.46. The topological polar surface area (TPSA) is 98.8 Å². The maximum Gasteiger partial charge on any atom is 0.325 e. The second-order valence-corrected chi connectivity index (χ2v) is 11.3. The Morgan fingerprint density at radius 1 is 0.575 bits per heavy atom. The molecule has 3 aromatic carbocycles. The van der Waals surface area contributed by atoms with Gasteiger partial charge < -0.3 is 10.6 Å². The predicted octanol–water partition coefficient (Wildman–Crippen LogP) is 4.25. The van der Waals surface area contributed by atoms with E-state index in [1.807, 2.05) is 72.8 Å². The SMILES string of the molecule is O=C1NC2(CCCc3ccccc32)C(=O)N1Cc1ccc(CN2C(=O)NC3(CCCc4ccccc43)C2=O)cc1. The summed E-state index contributed by atoms with van der Waals surface area (Å²) >= 11 is 0. The number of fused-ring (bicyclic) bond motifs is 4. The molecule has 202 valence electrons. The lowest BCUT2D eigenvalue weighted by molar-refractivity contribution is -0.133. The molecule has 2 saturated heterocycles. The van der Waals surface area contributed by atoms with Crippen LogP contribution in [0, 0.1) is 0 Å². The van der Waals surface area contributed by atoms with Crippen LogP contribution in [0.25, 0.3) is 0 Å². The van der Waals surface area contributed by atoms with Crippen molar-refractivity contribution in [1.29, 1.82) is 0 Å². The minimum absolute atomic E-state index is 0.151. The number of carbonyl (C=O) groups is 4. The summed E-state index contributed by atoms with van der Waals surface area (Å²) in [6.07, 6.45) is 4.63. The molecule has 2 aliphatic heterocycles. The number of imide groups is 2. The van der Waals surface area contributed by atoms with E-state index >= 15 is 0 Å². The van der Waals surface area contributed by atoms with Crippen LogP contribution in [0.5, 0.6) is 0 Å². The van der Waals surface area contributed by atoms with Crippen LogP contribution >= 0.6 is 0 Å². The summed E-state index contributed by atoms with van der Waals surface area (Å²) in [5.41, 5.74) is 3.59. The van der Waals surface area contributed by atoms with Crippen molar-refractivity contribution >= 4 is 23.9 Å². The summed E-state index contributed by atoms with van der Waals surface area (Å²) in [6, 6.07) is 22.3. The van der Waals surface area contributed by atoms with Crippen molar-refractivity contribution in [1.82, 2.24) is 20.4 Å². The van der Waals surface area contributed by atoms with Crippen LogP contribution in [0.4, 0.5) is 9.59 Å². The number of hydrogen-bond acceptors (Lipinski definition) is 4. The second kappa shape index (κ2) is 9.05. The van der Waals surface area contributed by atoms with Gasteiger partial charge in [-0.25, -0.2) is 9.59 Å². The molecule has 0 aromatic heterocycles. The van der Waals surface area contributed by atoms with Crippen LogP contribution in [0.1, 0.15) is 59.1 Å². The maximum atomic E-state index is 13.6. The minimum atomic E-state index is -0.997. The molecule has 2 N–H and O–H groups in total. The molecule has 0 bridgehead atoms. The number of nitrogens with one attached hydrogen (secondary N) is 2. The van der Waals surface area contributed by atoms with E-state index in [1.165, 1.54) is 9.80 Å². The molecule has 6 amide bonds. The first-order valence-electron chi connectivity index (χ1n) is 13.9. The Balaban J connectivity index is 1.07. The lowest BCUT2D eigenvalue weighted by Crippen LogP contribution is -2.46. The van der Waals surface area contributed by atoms with Crippen LogP contribution < -0.4 is 10.6 Å². The predicted molar refractivity (Wildman–Crippen MR) is 147 cm³/mol. The van der Waals surface area contributed by atoms with Crippen LogP contribution in [-0.4, -0.2) is 33.7 Å². The lowest BCUT2D eigenvalue weighted by Gasteiger charge is -2.33. The standard InChI is InChI=1S/C32H30N4O4/c37-27-31(17-5-9-23-7-1-3-11-25(23)31)33-29(39)35(27)19-21-13-15-22(16-14-21)20-36-28(38)32(34-30(36)40)18-6-10-24-8-2-4-12-26(24)32/h1-4,7-8,11-16H,5-6,9-10,17-20H2,(H,33,39)(H,34,40). The average Bonchev–Trinajstić information content (AvgIpc) is 3.34. The fourth-order valence-corrected chi connectivity index (χ4v) is 7.03. The van der Waals surface area contributed by atoms with Gasteiger partial charge in [0.05, 0.1) is 13.1 Å². The molecule has 4 aliphatic rings. The molecule has 3 aromatic rings. The van der Waals surface area contributed by atoms with Gasteiger partial charge in [0.2, 0.25) is 0 Å². The largest absolute Gasteiger partial charge is 0.325 e. The van der Waals surface area contributed by atoms with Gasteiger partial charge in [0.1, 0.15) is 11.1 Å². The van der Waals surface area contributed by atoms with E-state index in [0.29, 0.717) is 12.8 Å². The Morgan fingerprint density at radius 3 is 1.40 bits per heavy atom. The smallest absolute Gasteiger partial charge is 0.319 e. The number of benzene rings is 3. The summed E-state index contributed by atoms with van der Waals surface area (Å²) in [5.74, 6) is -0.433. The first kappa shape index (κ1) is 24.6. The third kappa shape index (κ3) is 3.58. The summed E-state index contributed by atoms with van der Waals surface area (Å²) in [7, 11) is 0. The molecule has 2 heterocycles. The zero-order valence-corrected chi connectivity index (χ0v) is 22.1. The molecule has 2 atom stereocenters. The van der Waals surface area contributed by atoms with Gasteiger partial charge in [-0.2, -0.15) is 0 Å². The zero-order valence-electron chi connectivity index (χ0n) is 22.1. The zero-order chi connectivity index (χ0) is 27.5. The molecule has 2 aliphatic carbocycles. The van der Waals surface area contributed by atoms with Crippen LogP contribution in [0.3, 0.4) is 0 Å². The molecule has 8 heteroatoms. The van der Waals surface area contributed by atoms with E-state index in [-0.39, 0.29) is 37.0 Å². The Bertz CT molecular complexity index is 1450. The monoisotopic (exact) mass is 534 g/mol. The molecule has 0 radical (unpaired) electrons. The van der Waals surface area contributed by atoms with Gasteiger partial charge >= 0.3 is 12.1 Å². The van der Waals surface area contributed by atoms with Gasteiger partial charge in [-0.3, -0.25) is 19.4 Å². The van der Waals surface area contributed by atoms with Crippen molar-refractivity contribution in [2.24, 2.45) is 0 Å². The lowest BCUT2D eigenvalue weighted by atomic mass is 9.76. The number of nitrogens with zero attached hydrogens (tertiary/aromatic N) is 2. The van der Waals surface area contributed by atoms with Crippen molar-refractivity contribution in [3.8, 4) is 0 Å². The fourth-order valence-electron chi connectivity index (χ4n) is 7.03. The number of carbonyl (C=O) groups excluding carboxylic acids is 4. The average molecular weight is 535 g/mol. The third-order valence-electron chi connectivity index (χ3n) is 9.01. The number of hydrogen-bond donors (Lipinski definition) is 2. The van der Waals surface area contributed by atoms with Crippen molar-refractivity contribution in [3.05, 3.63) is 106 Å². The van der Waals surface area contributed by atoms with Gasteiger partial charge in [0.15, 0.2) is 0 Å². The van der Waals surface area contributed by atoms with E-state index in [9.17, 15) is 19.2 Å². The highest BCUT2D eigenvalue weighted by molar-refractivity contribution is 6.08. The van der Waals surface area contributed by atoms with Crippen molar-refractivity contribution in [2.45, 2.75) is 62.7 Å². The molecule has 8 nitrogen and oxygen atoms in total. The molecule has 2 unspecified atom stereocenters. The first-order valence-corrected chi connectivity index (χ1v) is 13.9. The highest BCUT2D eigenvalue weighted by Crippen LogP contribution is 2.41. The Morgan fingerprint density at radius 2 is 0.975 bits per heavy atom. The summed E-state index contributed by atoms with van der Waals surface area (Å²) in [6.45, 7) is 0.301. The third-order valence-corrected chi connectivity index (χ3v) is 9.01. The first-order chi connectivity index (χ1) is 19.4. The molecule has 0 saturated carbocycles. The van der Waals surface area contributed by atoms with E-state index in [0.717, 1.165) is 59.1 Å². The van der Waals surface area contributed by atoms with E-state index < -0.39 is 11.1 Å². The molecular formula is C32H30N4O4. The van der Waals surface area contributed by atoms with E-state index in [1.54, 1.807) is 0 Å². The molecule has 2 fully saturated rings. The molecular weight excluding hydrogens is 504 g/mol. The van der Waals surface area contributed by atoms with Crippen LogP contribution in [0.2, 0.25) is 0 Å². The van der Waals surface area contributed by atoms with E-state index in [4.69, 9.17) is 0 Å². The minimum Gasteiger partial charge on any atom is -0.319 e. The number of urea groups is 2. The van der Waals surface area contributed by atoms with Crippen molar-refractivity contribution in [2.75, 3.05) is 0 Å². The number of amides is 6. The summed E-state index contributed by atoms with van der Waals surface area (Å²) in [4.78, 5) is 55.8. The van der Waals surface area contributed by atoms with Gasteiger partial charge in [-0.1, -0.05) is 72.8 Å². The van der Waals surface area contributed by atoms with Crippen molar-refractivity contribution < 1.29 is 19.2 Å². The highest BCUT2D eigenvalue weighted by Gasteiger charge is 2.55. The number of aryl methyl sites for hydroxylation is 2. The van der Waals surface area contributed by atoms with Gasteiger partial charge in [0, 0.05) is 0 Å². The highest BCUT2D eigenvalue weighted by atomic mass is 16.2. The molecule has 2 spiro atoms. The Kier molecular flexibility index (Phi) is 5.56. The van der Waals surface area contributed by atoms with Crippen LogP contribution in [-0.2, 0) is 46.6 Å². The molecule has 7 rings (SSSR count). The second-order valence-electron chi connectivity index (χ2n) is 11.3. The normalized spacial score (nSPS) is 25.3.